The zero-order valence-corrected chi connectivity index (χ0v) is 14.9. The van der Waals surface area contributed by atoms with Crippen LogP contribution in [-0.4, -0.2) is 7.05 Å². The molecule has 0 saturated heterocycles. The lowest BCUT2D eigenvalue weighted by molar-refractivity contribution is 1.30. The summed E-state index contributed by atoms with van der Waals surface area (Å²) in [5.74, 6) is 0. The largest absolute Gasteiger partial charge is 0.346 e. The first-order valence-electron chi connectivity index (χ1n) is 7.57. The fourth-order valence-electron chi connectivity index (χ4n) is 2.72. The summed E-state index contributed by atoms with van der Waals surface area (Å²) in [4.78, 5) is 0. The molecule has 3 rings (SSSR count). The van der Waals surface area contributed by atoms with Crippen molar-refractivity contribution in [2.75, 3.05) is 11.7 Å². The maximum absolute atomic E-state index is 6.12. The molecule has 23 heavy (non-hydrogen) atoms. The summed E-state index contributed by atoms with van der Waals surface area (Å²) in [6.45, 7) is 2.11. The molecular formula is C20H19ClNP. The Balaban J connectivity index is 2.08. The van der Waals surface area contributed by atoms with Gasteiger partial charge in [-0.05, 0) is 30.7 Å². The molecule has 0 bridgehead atoms. The second-order valence-corrected chi connectivity index (χ2v) is 8.13. The van der Waals surface area contributed by atoms with Gasteiger partial charge in [0.15, 0.2) is 0 Å². The molecule has 3 aromatic carbocycles. The number of aryl methyl sites for hydroxylation is 1. The summed E-state index contributed by atoms with van der Waals surface area (Å²) in [7, 11) is 1.54. The van der Waals surface area contributed by atoms with Gasteiger partial charge in [-0.15, -0.1) is 0 Å². The molecule has 0 unspecified atom stereocenters. The van der Waals surface area contributed by atoms with Crippen LogP contribution in [0.1, 0.15) is 5.56 Å². The van der Waals surface area contributed by atoms with Crippen LogP contribution in [-0.2, 0) is 0 Å². The highest BCUT2D eigenvalue weighted by atomic mass is 35.5. The molecule has 0 aliphatic heterocycles. The number of nitrogens with zero attached hydrogens (tertiary/aromatic N) is 1. The summed E-state index contributed by atoms with van der Waals surface area (Å²) in [5.41, 5.74) is 2.41. The lowest BCUT2D eigenvalue weighted by Crippen LogP contribution is -2.25. The molecule has 1 nitrogen and oxygen atoms in total. The standard InChI is InChI=1S/C20H19ClNP/c1-16-15-17(21)13-14-20(16)22(2)23(18-9-5-3-6-10-18)19-11-7-4-8-12-19/h3-15H,1-2H3. The highest BCUT2D eigenvalue weighted by Crippen LogP contribution is 2.42. The number of hydrogen-bond donors (Lipinski definition) is 0. The molecule has 3 aromatic rings. The molecule has 0 amide bonds. The third kappa shape index (κ3) is 3.58. The van der Waals surface area contributed by atoms with E-state index in [1.165, 1.54) is 21.9 Å². The van der Waals surface area contributed by atoms with E-state index in [9.17, 15) is 0 Å². The van der Waals surface area contributed by atoms with Crippen LogP contribution in [0.3, 0.4) is 0 Å². The van der Waals surface area contributed by atoms with Gasteiger partial charge in [-0.3, -0.25) is 0 Å². The number of rotatable bonds is 4. The first-order valence-corrected chi connectivity index (χ1v) is 9.24. The highest BCUT2D eigenvalue weighted by Gasteiger charge is 2.20. The van der Waals surface area contributed by atoms with E-state index in [1.54, 1.807) is 0 Å². The number of halogens is 1. The fraction of sp³-hybridized carbons (Fsp3) is 0.100. The van der Waals surface area contributed by atoms with E-state index in [-0.39, 0.29) is 0 Å². The van der Waals surface area contributed by atoms with Crippen LogP contribution in [0.2, 0.25) is 5.02 Å². The Labute approximate surface area is 144 Å². The van der Waals surface area contributed by atoms with Crippen molar-refractivity contribution >= 4 is 36.0 Å². The van der Waals surface area contributed by atoms with Crippen molar-refractivity contribution in [3.63, 3.8) is 0 Å². The minimum absolute atomic E-state index is 0.624. The summed E-state index contributed by atoms with van der Waals surface area (Å²) in [6, 6.07) is 27.5. The molecule has 0 spiro atoms. The molecular weight excluding hydrogens is 321 g/mol. The molecule has 116 valence electrons. The van der Waals surface area contributed by atoms with Crippen LogP contribution in [0.25, 0.3) is 0 Å². The fourth-order valence-corrected chi connectivity index (χ4v) is 5.29. The summed E-state index contributed by atoms with van der Waals surface area (Å²) < 4.78 is 2.38. The van der Waals surface area contributed by atoms with Gasteiger partial charge in [0.25, 0.3) is 0 Å². The van der Waals surface area contributed by atoms with Crippen molar-refractivity contribution in [3.8, 4) is 0 Å². The Bertz CT molecular complexity index is 735. The van der Waals surface area contributed by atoms with E-state index >= 15 is 0 Å². The predicted octanol–water partition coefficient (Wildman–Crippen LogP) is 5.13. The maximum atomic E-state index is 6.12. The van der Waals surface area contributed by atoms with Crippen LogP contribution in [0.5, 0.6) is 0 Å². The second kappa shape index (κ2) is 7.17. The van der Waals surface area contributed by atoms with Gasteiger partial charge in [-0.25, -0.2) is 0 Å². The minimum Gasteiger partial charge on any atom is -0.346 e. The first-order chi connectivity index (χ1) is 11.2. The second-order valence-electron chi connectivity index (χ2n) is 5.44. The average Bonchev–Trinajstić information content (AvgIpc) is 2.57. The molecule has 0 N–H and O–H groups in total. The quantitative estimate of drug-likeness (QED) is 0.595. The van der Waals surface area contributed by atoms with Gasteiger partial charge in [0, 0.05) is 28.4 Å². The average molecular weight is 340 g/mol. The van der Waals surface area contributed by atoms with Crippen LogP contribution < -0.4 is 15.3 Å². The lowest BCUT2D eigenvalue weighted by atomic mass is 10.2. The maximum Gasteiger partial charge on any atom is 0.0547 e. The van der Waals surface area contributed by atoms with Gasteiger partial charge in [0.1, 0.15) is 0 Å². The molecule has 0 aromatic heterocycles. The summed E-state index contributed by atoms with van der Waals surface area (Å²) >= 11 is 6.12. The molecule has 3 heteroatoms. The van der Waals surface area contributed by atoms with Gasteiger partial charge < -0.3 is 4.67 Å². The van der Waals surface area contributed by atoms with Crippen molar-refractivity contribution in [2.45, 2.75) is 6.92 Å². The SMILES string of the molecule is Cc1cc(Cl)ccc1N(C)P(c1ccccc1)c1ccccc1. The Kier molecular flexibility index (Phi) is 5.00. The molecule has 0 aliphatic carbocycles. The van der Waals surface area contributed by atoms with Crippen molar-refractivity contribution < 1.29 is 0 Å². The predicted molar refractivity (Wildman–Crippen MR) is 104 cm³/mol. The monoisotopic (exact) mass is 339 g/mol. The van der Waals surface area contributed by atoms with Crippen molar-refractivity contribution in [2.24, 2.45) is 0 Å². The van der Waals surface area contributed by atoms with Crippen molar-refractivity contribution in [3.05, 3.63) is 89.4 Å². The van der Waals surface area contributed by atoms with Gasteiger partial charge in [-0.2, -0.15) is 0 Å². The highest BCUT2D eigenvalue weighted by molar-refractivity contribution is 7.74. The topological polar surface area (TPSA) is 3.24 Å². The van der Waals surface area contributed by atoms with E-state index in [1.807, 2.05) is 12.1 Å². The molecule has 0 atom stereocenters. The third-order valence-electron chi connectivity index (χ3n) is 3.81. The Morgan fingerprint density at radius 2 is 1.30 bits per heavy atom. The molecule has 0 fully saturated rings. The molecule has 0 aliphatic rings. The smallest absolute Gasteiger partial charge is 0.0547 e. The van der Waals surface area contributed by atoms with Crippen molar-refractivity contribution in [1.29, 1.82) is 0 Å². The Morgan fingerprint density at radius 3 is 1.78 bits per heavy atom. The minimum atomic E-state index is -0.624. The van der Waals surface area contributed by atoms with Crippen LogP contribution in [0.15, 0.2) is 78.9 Å². The Hall–Kier alpha value is -1.82. The van der Waals surface area contributed by atoms with E-state index in [2.05, 4.69) is 85.4 Å². The lowest BCUT2D eigenvalue weighted by Gasteiger charge is -2.32. The van der Waals surface area contributed by atoms with E-state index in [4.69, 9.17) is 11.6 Å². The van der Waals surface area contributed by atoms with Crippen molar-refractivity contribution in [1.82, 2.24) is 0 Å². The number of benzene rings is 3. The van der Waals surface area contributed by atoms with E-state index < -0.39 is 8.07 Å². The normalized spacial score (nSPS) is 10.8. The van der Waals surface area contributed by atoms with Crippen LogP contribution in [0.4, 0.5) is 5.69 Å². The zero-order chi connectivity index (χ0) is 16.2. The van der Waals surface area contributed by atoms with Gasteiger partial charge in [0.05, 0.1) is 8.07 Å². The summed E-state index contributed by atoms with van der Waals surface area (Å²) in [5, 5.41) is 3.46. The molecule has 0 saturated carbocycles. The summed E-state index contributed by atoms with van der Waals surface area (Å²) in [6.07, 6.45) is 0. The van der Waals surface area contributed by atoms with E-state index in [0.29, 0.717) is 0 Å². The van der Waals surface area contributed by atoms with Gasteiger partial charge in [-0.1, -0.05) is 72.3 Å². The first kappa shape index (κ1) is 16.1. The number of hydrogen-bond acceptors (Lipinski definition) is 1. The zero-order valence-electron chi connectivity index (χ0n) is 13.3. The number of anilines is 1. The van der Waals surface area contributed by atoms with Crippen LogP contribution >= 0.6 is 19.7 Å². The third-order valence-corrected chi connectivity index (χ3v) is 6.43. The van der Waals surface area contributed by atoms with Crippen LogP contribution in [0, 0.1) is 6.92 Å². The van der Waals surface area contributed by atoms with E-state index in [0.717, 1.165) is 5.02 Å². The Morgan fingerprint density at radius 1 is 0.783 bits per heavy atom. The van der Waals surface area contributed by atoms with Gasteiger partial charge in [0.2, 0.25) is 0 Å². The van der Waals surface area contributed by atoms with Gasteiger partial charge >= 0.3 is 0 Å². The molecule has 0 heterocycles. The molecule has 0 radical (unpaired) electrons.